The number of nitrogens with zero attached hydrogens (tertiary/aromatic N) is 5. The third-order valence-corrected chi connectivity index (χ3v) is 4.80. The van der Waals surface area contributed by atoms with Gasteiger partial charge >= 0.3 is 0 Å². The molecule has 156 valence electrons. The van der Waals surface area contributed by atoms with Gasteiger partial charge in [-0.2, -0.15) is 5.26 Å². The molecule has 7 nitrogen and oxygen atoms in total. The van der Waals surface area contributed by atoms with Gasteiger partial charge in [0.15, 0.2) is 0 Å². The van der Waals surface area contributed by atoms with Gasteiger partial charge in [0.05, 0.1) is 16.9 Å². The van der Waals surface area contributed by atoms with Gasteiger partial charge in [-0.25, -0.2) is 19.4 Å². The minimum atomic E-state index is -0.571. The maximum Gasteiger partial charge on any atom is 0.227 e. The van der Waals surface area contributed by atoms with Crippen LogP contribution in [-0.4, -0.2) is 22.5 Å². The molecule has 0 spiro atoms. The number of benzene rings is 2. The number of hydrazine groups is 1. The van der Waals surface area contributed by atoms with Crippen molar-refractivity contribution >= 4 is 23.2 Å². The van der Waals surface area contributed by atoms with E-state index in [9.17, 15) is 4.39 Å². The number of nitrogens with one attached hydrogen (secondary N) is 2. The molecule has 1 aliphatic rings. The maximum absolute atomic E-state index is 13.9. The molecule has 0 amide bonds. The van der Waals surface area contributed by atoms with E-state index in [4.69, 9.17) is 5.26 Å². The molecule has 4 rings (SSSR count). The molecule has 0 unspecified atom stereocenters. The Kier molecular flexibility index (Phi) is 5.26. The van der Waals surface area contributed by atoms with Crippen LogP contribution in [0.3, 0.4) is 0 Å². The van der Waals surface area contributed by atoms with E-state index in [2.05, 4.69) is 46.5 Å². The largest absolute Gasteiger partial charge is 0.324 e. The monoisotopic (exact) mass is 415 g/mol. The summed E-state index contributed by atoms with van der Waals surface area (Å²) in [6, 6.07) is 15.8. The lowest BCUT2D eigenvalue weighted by molar-refractivity contribution is 0.572. The van der Waals surface area contributed by atoms with Crippen molar-refractivity contribution in [3.8, 4) is 17.3 Å². The van der Waals surface area contributed by atoms with Crippen LogP contribution in [0.5, 0.6) is 0 Å². The molecule has 0 fully saturated rings. The lowest BCUT2D eigenvalue weighted by atomic mass is 9.95. The number of amidine groups is 1. The summed E-state index contributed by atoms with van der Waals surface area (Å²) in [5, 5.41) is 14.0. The lowest BCUT2D eigenvalue weighted by Crippen LogP contribution is -2.41. The molecule has 8 heteroatoms. The summed E-state index contributed by atoms with van der Waals surface area (Å²) in [6.45, 7) is 6.92. The summed E-state index contributed by atoms with van der Waals surface area (Å²) in [4.78, 5) is 13.3. The summed E-state index contributed by atoms with van der Waals surface area (Å²) >= 11 is 0. The van der Waals surface area contributed by atoms with Crippen LogP contribution >= 0.6 is 0 Å². The van der Waals surface area contributed by atoms with Crippen molar-refractivity contribution in [3.63, 3.8) is 0 Å². The van der Waals surface area contributed by atoms with Crippen LogP contribution in [0.4, 0.5) is 21.7 Å². The highest BCUT2D eigenvalue weighted by Crippen LogP contribution is 2.25. The SMILES string of the molecule is CC(C)(C)C1=NCN(c2ccc(Nc3nccc(-c4ccc(C#N)c(F)c4)n3)cc2)N1. The van der Waals surface area contributed by atoms with Crippen LogP contribution in [0, 0.1) is 22.6 Å². The number of aromatic nitrogens is 2. The minimum Gasteiger partial charge on any atom is -0.324 e. The average molecular weight is 415 g/mol. The smallest absolute Gasteiger partial charge is 0.227 e. The molecule has 1 aliphatic heterocycles. The molecule has 2 aromatic carbocycles. The highest BCUT2D eigenvalue weighted by molar-refractivity contribution is 5.90. The van der Waals surface area contributed by atoms with Gasteiger partial charge < -0.3 is 5.32 Å². The molecule has 2 N–H and O–H groups in total. The van der Waals surface area contributed by atoms with E-state index in [0.29, 0.717) is 23.9 Å². The van der Waals surface area contributed by atoms with E-state index in [1.54, 1.807) is 18.3 Å². The third-order valence-electron chi connectivity index (χ3n) is 4.80. The number of nitriles is 1. The van der Waals surface area contributed by atoms with Gasteiger partial charge in [0.2, 0.25) is 5.95 Å². The number of aliphatic imine (C=N–C) groups is 1. The van der Waals surface area contributed by atoms with Crippen molar-refractivity contribution in [2.45, 2.75) is 20.8 Å². The number of hydrogen-bond acceptors (Lipinski definition) is 7. The first kappa shape index (κ1) is 20.3. The topological polar surface area (TPSA) is 89.2 Å². The van der Waals surface area contributed by atoms with E-state index in [1.807, 2.05) is 35.3 Å². The van der Waals surface area contributed by atoms with Crippen LogP contribution in [-0.2, 0) is 0 Å². The molecule has 2 heterocycles. The van der Waals surface area contributed by atoms with Crippen molar-refractivity contribution in [1.82, 2.24) is 15.4 Å². The van der Waals surface area contributed by atoms with Crippen LogP contribution in [0.1, 0.15) is 26.3 Å². The number of rotatable bonds is 4. The summed E-state index contributed by atoms with van der Waals surface area (Å²) in [5.74, 6) is 0.782. The Morgan fingerprint density at radius 2 is 1.90 bits per heavy atom. The zero-order valence-corrected chi connectivity index (χ0v) is 17.5. The Bertz CT molecular complexity index is 1170. The first-order valence-electron chi connectivity index (χ1n) is 9.83. The fourth-order valence-electron chi connectivity index (χ4n) is 3.09. The molecule has 3 aromatic rings. The highest BCUT2D eigenvalue weighted by Gasteiger charge is 2.25. The Balaban J connectivity index is 1.46. The van der Waals surface area contributed by atoms with E-state index in [-0.39, 0.29) is 11.0 Å². The van der Waals surface area contributed by atoms with Gasteiger partial charge in [0.25, 0.3) is 0 Å². The van der Waals surface area contributed by atoms with Crippen molar-refractivity contribution < 1.29 is 4.39 Å². The normalized spacial score (nSPS) is 13.4. The van der Waals surface area contributed by atoms with Crippen LogP contribution in [0.2, 0.25) is 0 Å². The van der Waals surface area contributed by atoms with Crippen molar-refractivity contribution in [2.75, 3.05) is 17.0 Å². The summed E-state index contributed by atoms with van der Waals surface area (Å²) < 4.78 is 13.9. The van der Waals surface area contributed by atoms with E-state index < -0.39 is 5.82 Å². The Labute approximate surface area is 180 Å². The van der Waals surface area contributed by atoms with Gasteiger partial charge in [-0.15, -0.1) is 0 Å². The molecule has 31 heavy (non-hydrogen) atoms. The molecule has 0 bridgehead atoms. The number of hydrogen-bond donors (Lipinski definition) is 2. The summed E-state index contributed by atoms with van der Waals surface area (Å²) in [7, 11) is 0. The van der Waals surface area contributed by atoms with Crippen molar-refractivity contribution in [2.24, 2.45) is 10.4 Å². The summed E-state index contributed by atoms with van der Waals surface area (Å²) in [5.41, 5.74) is 6.27. The fourth-order valence-corrected chi connectivity index (χ4v) is 3.09. The van der Waals surface area contributed by atoms with Gasteiger partial charge in [-0.1, -0.05) is 26.8 Å². The molecule has 1 aromatic heterocycles. The average Bonchev–Trinajstić information content (AvgIpc) is 3.25. The molecule has 0 radical (unpaired) electrons. The van der Waals surface area contributed by atoms with Gasteiger partial charge in [0, 0.05) is 22.9 Å². The number of anilines is 3. The first-order chi connectivity index (χ1) is 14.8. The van der Waals surface area contributed by atoms with Crippen molar-refractivity contribution in [3.05, 3.63) is 66.1 Å². The van der Waals surface area contributed by atoms with Gasteiger partial charge in [0.1, 0.15) is 24.4 Å². The Morgan fingerprint density at radius 1 is 1.13 bits per heavy atom. The predicted octanol–water partition coefficient (Wildman–Crippen LogP) is 4.62. The number of halogens is 1. The molecule has 0 saturated heterocycles. The molecular weight excluding hydrogens is 393 g/mol. The zero-order chi connectivity index (χ0) is 22.0. The minimum absolute atomic E-state index is 0.00348. The quantitative estimate of drug-likeness (QED) is 0.646. The highest BCUT2D eigenvalue weighted by atomic mass is 19.1. The van der Waals surface area contributed by atoms with Gasteiger partial charge in [-0.3, -0.25) is 10.4 Å². The van der Waals surface area contributed by atoms with Gasteiger partial charge in [-0.05, 0) is 42.5 Å². The summed E-state index contributed by atoms with van der Waals surface area (Å²) in [6.07, 6.45) is 1.61. The molecular formula is C23H22FN7. The predicted molar refractivity (Wildman–Crippen MR) is 119 cm³/mol. The van der Waals surface area contributed by atoms with Crippen molar-refractivity contribution in [1.29, 1.82) is 5.26 Å². The first-order valence-corrected chi connectivity index (χ1v) is 9.83. The van der Waals surface area contributed by atoms with Crippen LogP contribution in [0.15, 0.2) is 59.7 Å². The van der Waals surface area contributed by atoms with Crippen LogP contribution in [0.25, 0.3) is 11.3 Å². The molecule has 0 saturated carbocycles. The zero-order valence-electron chi connectivity index (χ0n) is 17.5. The second-order valence-electron chi connectivity index (χ2n) is 8.18. The van der Waals surface area contributed by atoms with E-state index in [0.717, 1.165) is 17.2 Å². The lowest BCUT2D eigenvalue weighted by Gasteiger charge is -2.24. The van der Waals surface area contributed by atoms with Crippen LogP contribution < -0.4 is 15.8 Å². The fraction of sp³-hybridized carbons (Fsp3) is 0.217. The maximum atomic E-state index is 13.9. The Morgan fingerprint density at radius 3 is 2.55 bits per heavy atom. The molecule has 0 aliphatic carbocycles. The second kappa shape index (κ2) is 8.03. The van der Waals surface area contributed by atoms with E-state index in [1.165, 1.54) is 12.1 Å². The third kappa shape index (κ3) is 4.46. The standard InChI is InChI=1S/C23H22FN7/c1-23(2,3)21-27-14-31(30-21)18-8-6-17(7-9-18)28-22-26-11-10-20(29-22)15-4-5-16(13-25)19(24)12-15/h4-12H,14H2,1-3H3,(H,27,30)(H,26,28,29). The van der Waals surface area contributed by atoms with E-state index >= 15 is 0 Å². The molecule has 0 atom stereocenters. The Hall–Kier alpha value is -3.99. The second-order valence-corrected chi connectivity index (χ2v) is 8.18.